The highest BCUT2D eigenvalue weighted by atomic mass is 32.2. The minimum Gasteiger partial charge on any atom is -0.313 e. The van der Waals surface area contributed by atoms with E-state index in [2.05, 4.69) is 17.3 Å². The van der Waals surface area contributed by atoms with Crippen LogP contribution in [-0.4, -0.2) is 16.3 Å². The maximum absolute atomic E-state index is 13.7. The third kappa shape index (κ3) is 3.16. The Hall–Kier alpha value is -1.33. The van der Waals surface area contributed by atoms with Crippen LogP contribution in [0.2, 0.25) is 0 Å². The smallest absolute Gasteiger partial charge is 0.137 e. The summed E-state index contributed by atoms with van der Waals surface area (Å²) in [7, 11) is 1.89. The van der Waals surface area contributed by atoms with E-state index >= 15 is 0 Å². The van der Waals surface area contributed by atoms with Gasteiger partial charge in [-0.2, -0.15) is 5.10 Å². The Kier molecular flexibility index (Phi) is 4.61. The molecule has 0 bridgehead atoms. The van der Waals surface area contributed by atoms with Gasteiger partial charge in [0.15, 0.2) is 0 Å². The molecule has 19 heavy (non-hydrogen) atoms. The van der Waals surface area contributed by atoms with Gasteiger partial charge in [0.1, 0.15) is 10.8 Å². The lowest BCUT2D eigenvalue weighted by atomic mass is 10.2. The average molecular weight is 279 g/mol. The molecule has 0 spiro atoms. The van der Waals surface area contributed by atoms with Crippen molar-refractivity contribution in [2.45, 2.75) is 30.3 Å². The Morgan fingerprint density at radius 2 is 2.11 bits per heavy atom. The van der Waals surface area contributed by atoms with E-state index in [1.807, 2.05) is 24.7 Å². The Bertz CT molecular complexity index is 566. The molecule has 5 heteroatoms. The van der Waals surface area contributed by atoms with Crippen LogP contribution in [0.3, 0.4) is 0 Å². The number of rotatable bonds is 5. The summed E-state index contributed by atoms with van der Waals surface area (Å²) >= 11 is 1.42. The second-order valence-corrected chi connectivity index (χ2v) is 5.34. The first kappa shape index (κ1) is 14.1. The van der Waals surface area contributed by atoms with Crippen LogP contribution in [0.4, 0.5) is 4.39 Å². The van der Waals surface area contributed by atoms with Crippen molar-refractivity contribution in [1.82, 2.24) is 15.1 Å². The van der Waals surface area contributed by atoms with Crippen molar-refractivity contribution in [3.63, 3.8) is 0 Å². The average Bonchev–Trinajstić information content (AvgIpc) is 2.65. The van der Waals surface area contributed by atoms with Gasteiger partial charge in [0, 0.05) is 24.1 Å². The summed E-state index contributed by atoms with van der Waals surface area (Å²) in [5.41, 5.74) is 2.12. The molecule has 1 N–H and O–H groups in total. The summed E-state index contributed by atoms with van der Waals surface area (Å²) in [4.78, 5) is 0.628. The van der Waals surface area contributed by atoms with Gasteiger partial charge in [0.2, 0.25) is 0 Å². The molecule has 0 radical (unpaired) electrons. The van der Waals surface area contributed by atoms with Gasteiger partial charge in [-0.15, -0.1) is 0 Å². The molecular weight excluding hydrogens is 261 g/mol. The molecule has 0 saturated carbocycles. The second kappa shape index (κ2) is 6.21. The predicted octanol–water partition coefficient (Wildman–Crippen LogP) is 3.13. The normalized spacial score (nSPS) is 10.9. The summed E-state index contributed by atoms with van der Waals surface area (Å²) in [6.07, 6.45) is 0. The van der Waals surface area contributed by atoms with E-state index in [1.54, 1.807) is 12.1 Å². The summed E-state index contributed by atoms with van der Waals surface area (Å²) in [6, 6.07) is 6.82. The number of nitrogens with zero attached hydrogens (tertiary/aromatic N) is 2. The van der Waals surface area contributed by atoms with Gasteiger partial charge in [-0.1, -0.05) is 30.8 Å². The molecule has 2 rings (SSSR count). The van der Waals surface area contributed by atoms with Crippen molar-refractivity contribution in [1.29, 1.82) is 0 Å². The third-order valence-electron chi connectivity index (χ3n) is 2.88. The molecule has 3 nitrogen and oxygen atoms in total. The van der Waals surface area contributed by atoms with Crippen LogP contribution < -0.4 is 5.32 Å². The number of hydrogen-bond acceptors (Lipinski definition) is 3. The van der Waals surface area contributed by atoms with Crippen molar-refractivity contribution in [3.05, 3.63) is 41.3 Å². The van der Waals surface area contributed by atoms with Gasteiger partial charge in [-0.25, -0.2) is 4.39 Å². The lowest BCUT2D eigenvalue weighted by Crippen LogP contribution is -2.12. The number of halogens is 1. The van der Waals surface area contributed by atoms with Crippen molar-refractivity contribution in [2.75, 3.05) is 6.54 Å². The molecular formula is C14H18FN3S. The molecule has 0 aliphatic carbocycles. The van der Waals surface area contributed by atoms with Crippen LogP contribution >= 0.6 is 11.8 Å². The molecule has 0 aliphatic heterocycles. The van der Waals surface area contributed by atoms with E-state index in [4.69, 9.17) is 0 Å². The zero-order chi connectivity index (χ0) is 13.8. The molecule has 0 atom stereocenters. The number of benzene rings is 1. The molecule has 0 amide bonds. The van der Waals surface area contributed by atoms with Gasteiger partial charge in [-0.05, 0) is 25.6 Å². The summed E-state index contributed by atoms with van der Waals surface area (Å²) in [5.74, 6) is -0.194. The first-order valence-corrected chi connectivity index (χ1v) is 7.10. The van der Waals surface area contributed by atoms with Crippen LogP contribution in [0.25, 0.3) is 0 Å². The van der Waals surface area contributed by atoms with E-state index < -0.39 is 0 Å². The number of aromatic nitrogens is 2. The zero-order valence-corrected chi connectivity index (χ0v) is 12.2. The van der Waals surface area contributed by atoms with E-state index in [9.17, 15) is 4.39 Å². The standard InChI is InChI=1S/C14H18FN3S/c1-4-16-9-11-10(2)17-18(3)14(11)19-13-8-6-5-7-12(13)15/h5-8,16H,4,9H2,1-3H3. The molecule has 2 aromatic rings. The quantitative estimate of drug-likeness (QED) is 0.912. The highest BCUT2D eigenvalue weighted by Gasteiger charge is 2.15. The molecule has 0 fully saturated rings. The molecule has 0 saturated heterocycles. The molecule has 102 valence electrons. The fourth-order valence-corrected chi connectivity index (χ4v) is 2.93. The van der Waals surface area contributed by atoms with Crippen LogP contribution in [0.1, 0.15) is 18.2 Å². The van der Waals surface area contributed by atoms with Crippen LogP contribution in [0.5, 0.6) is 0 Å². The van der Waals surface area contributed by atoms with Gasteiger partial charge >= 0.3 is 0 Å². The Morgan fingerprint density at radius 3 is 2.79 bits per heavy atom. The highest BCUT2D eigenvalue weighted by Crippen LogP contribution is 2.33. The van der Waals surface area contributed by atoms with E-state index in [0.29, 0.717) is 4.90 Å². The highest BCUT2D eigenvalue weighted by molar-refractivity contribution is 7.99. The number of nitrogens with one attached hydrogen (secondary N) is 1. The van der Waals surface area contributed by atoms with Crippen molar-refractivity contribution in [2.24, 2.45) is 7.05 Å². The van der Waals surface area contributed by atoms with Crippen molar-refractivity contribution in [3.8, 4) is 0 Å². The summed E-state index contributed by atoms with van der Waals surface area (Å²) in [6.45, 7) is 5.71. The van der Waals surface area contributed by atoms with Crippen molar-refractivity contribution < 1.29 is 4.39 Å². The molecule has 0 unspecified atom stereocenters. The molecule has 0 aliphatic rings. The lowest BCUT2D eigenvalue weighted by molar-refractivity contribution is 0.600. The number of hydrogen-bond donors (Lipinski definition) is 1. The lowest BCUT2D eigenvalue weighted by Gasteiger charge is -2.07. The van der Waals surface area contributed by atoms with Gasteiger partial charge in [0.05, 0.1) is 5.69 Å². The maximum Gasteiger partial charge on any atom is 0.137 e. The second-order valence-electron chi connectivity index (χ2n) is 4.31. The first-order valence-electron chi connectivity index (χ1n) is 6.29. The molecule has 1 aromatic heterocycles. The van der Waals surface area contributed by atoms with E-state index in [-0.39, 0.29) is 5.82 Å². The number of aryl methyl sites for hydroxylation is 2. The maximum atomic E-state index is 13.7. The SMILES string of the molecule is CCNCc1c(C)nn(C)c1Sc1ccccc1F. The Labute approximate surface area is 117 Å². The van der Waals surface area contributed by atoms with E-state index in [1.165, 1.54) is 17.8 Å². The Balaban J connectivity index is 2.31. The topological polar surface area (TPSA) is 29.9 Å². The van der Waals surface area contributed by atoms with Gasteiger partial charge in [-0.3, -0.25) is 4.68 Å². The molecule has 1 heterocycles. The Morgan fingerprint density at radius 1 is 1.37 bits per heavy atom. The van der Waals surface area contributed by atoms with Crippen LogP contribution in [0, 0.1) is 12.7 Å². The van der Waals surface area contributed by atoms with Crippen LogP contribution in [0.15, 0.2) is 34.2 Å². The third-order valence-corrected chi connectivity index (χ3v) is 4.14. The fraction of sp³-hybridized carbons (Fsp3) is 0.357. The largest absolute Gasteiger partial charge is 0.313 e. The van der Waals surface area contributed by atoms with Gasteiger partial charge in [0.25, 0.3) is 0 Å². The van der Waals surface area contributed by atoms with E-state index in [0.717, 1.165) is 29.4 Å². The predicted molar refractivity (Wildman–Crippen MR) is 75.8 cm³/mol. The molecule has 1 aromatic carbocycles. The first-order chi connectivity index (χ1) is 9.13. The van der Waals surface area contributed by atoms with Crippen LogP contribution in [-0.2, 0) is 13.6 Å². The monoisotopic (exact) mass is 279 g/mol. The fourth-order valence-electron chi connectivity index (χ4n) is 1.89. The summed E-state index contributed by atoms with van der Waals surface area (Å²) in [5, 5.41) is 8.71. The van der Waals surface area contributed by atoms with Crippen molar-refractivity contribution >= 4 is 11.8 Å². The minimum absolute atomic E-state index is 0.194. The van der Waals surface area contributed by atoms with Gasteiger partial charge < -0.3 is 5.32 Å². The summed E-state index contributed by atoms with van der Waals surface area (Å²) < 4.78 is 15.5. The minimum atomic E-state index is -0.194. The zero-order valence-electron chi connectivity index (χ0n) is 11.4.